The Labute approximate surface area is 187 Å². The fraction of sp³-hybridized carbons (Fsp3) is 0.375. The van der Waals surface area contributed by atoms with Crippen LogP contribution in [0.3, 0.4) is 0 Å². The van der Waals surface area contributed by atoms with E-state index in [9.17, 15) is 14.4 Å². The molecule has 0 radical (unpaired) electrons. The van der Waals surface area contributed by atoms with Gasteiger partial charge in [-0.25, -0.2) is 0 Å². The Morgan fingerprint density at radius 3 is 2.22 bits per heavy atom. The van der Waals surface area contributed by atoms with E-state index in [1.54, 1.807) is 43.4 Å². The third kappa shape index (κ3) is 4.57. The lowest BCUT2D eigenvalue weighted by Crippen LogP contribution is -2.40. The van der Waals surface area contributed by atoms with Gasteiger partial charge in [-0.15, -0.1) is 0 Å². The monoisotopic (exact) mass is 436 g/mol. The van der Waals surface area contributed by atoms with Gasteiger partial charge in [0.25, 0.3) is 0 Å². The van der Waals surface area contributed by atoms with Gasteiger partial charge in [0.15, 0.2) is 11.6 Å². The molecule has 1 aliphatic heterocycles. The normalized spacial score (nSPS) is 15.8. The predicted octanol–water partition coefficient (Wildman–Crippen LogP) is 1.75. The summed E-state index contributed by atoms with van der Waals surface area (Å²) in [5, 5.41) is 9.09. The van der Waals surface area contributed by atoms with E-state index in [2.05, 4.69) is 20.9 Å². The van der Waals surface area contributed by atoms with Gasteiger partial charge in [-0.3, -0.25) is 19.3 Å². The molecule has 4 rings (SSSR count). The third-order valence-electron chi connectivity index (χ3n) is 5.85. The van der Waals surface area contributed by atoms with E-state index in [0.717, 1.165) is 39.4 Å². The molecule has 1 saturated heterocycles. The standard InChI is InChI=1S/C24H28N4O4/c1-25-18-6-2-4-16-21(18)23(30)17-5-3-7-19(22(17)24(16)31)27-20(29)8-9-26-10-11-28-12-14-32-15-13-28/h2-7,25-26H,8-15H2,1H3,(H,27,29). The molecule has 2 aliphatic rings. The van der Waals surface area contributed by atoms with Crippen LogP contribution in [0.15, 0.2) is 36.4 Å². The van der Waals surface area contributed by atoms with Gasteiger partial charge in [-0.05, 0) is 12.1 Å². The van der Waals surface area contributed by atoms with Gasteiger partial charge < -0.3 is 20.7 Å². The van der Waals surface area contributed by atoms with Crippen LogP contribution in [0.5, 0.6) is 0 Å². The molecule has 0 atom stereocenters. The number of fused-ring (bicyclic) bond motifs is 2. The van der Waals surface area contributed by atoms with E-state index in [0.29, 0.717) is 34.6 Å². The molecule has 32 heavy (non-hydrogen) atoms. The number of amides is 1. The van der Waals surface area contributed by atoms with Gasteiger partial charge >= 0.3 is 0 Å². The molecule has 168 valence electrons. The number of carbonyl (C=O) groups excluding carboxylic acids is 3. The van der Waals surface area contributed by atoms with Crippen LogP contribution in [-0.2, 0) is 9.53 Å². The summed E-state index contributed by atoms with van der Waals surface area (Å²) >= 11 is 0. The van der Waals surface area contributed by atoms with Crippen LogP contribution in [0.4, 0.5) is 11.4 Å². The Hall–Kier alpha value is -3.07. The van der Waals surface area contributed by atoms with Crippen LogP contribution in [0.1, 0.15) is 38.3 Å². The molecule has 3 N–H and O–H groups in total. The van der Waals surface area contributed by atoms with Crippen LogP contribution >= 0.6 is 0 Å². The molecule has 8 heteroatoms. The minimum atomic E-state index is -0.258. The SMILES string of the molecule is CNc1cccc2c1C(=O)c1cccc(NC(=O)CCNCCN3CCOCC3)c1C2=O. The molecule has 2 aromatic carbocycles. The molecule has 1 amide bonds. The summed E-state index contributed by atoms with van der Waals surface area (Å²) in [6, 6.07) is 10.1. The van der Waals surface area contributed by atoms with Crippen LogP contribution < -0.4 is 16.0 Å². The average Bonchev–Trinajstić information content (AvgIpc) is 2.82. The van der Waals surface area contributed by atoms with E-state index >= 15 is 0 Å². The first-order chi connectivity index (χ1) is 15.6. The summed E-state index contributed by atoms with van der Waals surface area (Å²) in [6.07, 6.45) is 0.273. The molecule has 1 heterocycles. The number of rotatable bonds is 8. The predicted molar refractivity (Wildman–Crippen MR) is 123 cm³/mol. The molecule has 8 nitrogen and oxygen atoms in total. The summed E-state index contributed by atoms with van der Waals surface area (Å²) < 4.78 is 5.34. The second-order valence-corrected chi connectivity index (χ2v) is 7.87. The highest BCUT2D eigenvalue weighted by atomic mass is 16.5. The van der Waals surface area contributed by atoms with Gasteiger partial charge in [0.1, 0.15) is 0 Å². The van der Waals surface area contributed by atoms with Crippen LogP contribution in [0.25, 0.3) is 0 Å². The Bertz CT molecular complexity index is 1030. The van der Waals surface area contributed by atoms with Gasteiger partial charge in [0.2, 0.25) is 5.91 Å². The van der Waals surface area contributed by atoms with Crippen molar-refractivity contribution in [3.8, 4) is 0 Å². The number of ketones is 2. The molecule has 0 unspecified atom stereocenters. The minimum Gasteiger partial charge on any atom is -0.388 e. The molecular formula is C24H28N4O4. The zero-order valence-electron chi connectivity index (χ0n) is 18.2. The number of morpholine rings is 1. The Balaban J connectivity index is 1.39. The lowest BCUT2D eigenvalue weighted by molar-refractivity contribution is -0.116. The number of nitrogens with one attached hydrogen (secondary N) is 3. The van der Waals surface area contributed by atoms with Crippen molar-refractivity contribution in [2.24, 2.45) is 0 Å². The highest BCUT2D eigenvalue weighted by Crippen LogP contribution is 2.35. The topological polar surface area (TPSA) is 99.8 Å². The zero-order valence-corrected chi connectivity index (χ0v) is 18.2. The third-order valence-corrected chi connectivity index (χ3v) is 5.85. The van der Waals surface area contributed by atoms with Crippen molar-refractivity contribution in [3.63, 3.8) is 0 Å². The zero-order chi connectivity index (χ0) is 22.5. The maximum atomic E-state index is 13.2. The molecule has 0 bridgehead atoms. The fourth-order valence-electron chi connectivity index (χ4n) is 4.16. The second-order valence-electron chi connectivity index (χ2n) is 7.87. The molecule has 1 aliphatic carbocycles. The van der Waals surface area contributed by atoms with E-state index in [-0.39, 0.29) is 29.5 Å². The number of nitrogens with zero attached hydrogens (tertiary/aromatic N) is 1. The van der Waals surface area contributed by atoms with E-state index < -0.39 is 0 Å². The second kappa shape index (κ2) is 10.0. The highest BCUT2D eigenvalue weighted by molar-refractivity contribution is 6.32. The molecule has 2 aromatic rings. The lowest BCUT2D eigenvalue weighted by atomic mass is 9.82. The van der Waals surface area contributed by atoms with E-state index in [1.165, 1.54) is 0 Å². The number of ether oxygens (including phenoxy) is 1. The van der Waals surface area contributed by atoms with E-state index in [1.807, 2.05) is 0 Å². The fourth-order valence-corrected chi connectivity index (χ4v) is 4.16. The van der Waals surface area contributed by atoms with Crippen molar-refractivity contribution in [1.82, 2.24) is 10.2 Å². The average molecular weight is 437 g/mol. The highest BCUT2D eigenvalue weighted by Gasteiger charge is 2.33. The first-order valence-electron chi connectivity index (χ1n) is 10.9. The quantitative estimate of drug-likeness (QED) is 0.463. The summed E-state index contributed by atoms with van der Waals surface area (Å²) in [4.78, 5) is 41.2. The molecule has 0 saturated carbocycles. The van der Waals surface area contributed by atoms with Gasteiger partial charge in [-0.1, -0.05) is 24.3 Å². The van der Waals surface area contributed by atoms with Crippen molar-refractivity contribution >= 4 is 28.8 Å². The lowest BCUT2D eigenvalue weighted by Gasteiger charge is -2.26. The maximum absolute atomic E-state index is 13.2. The summed E-state index contributed by atoms with van der Waals surface area (Å²) in [6.45, 7) is 5.66. The number of hydrogen-bond acceptors (Lipinski definition) is 7. The number of benzene rings is 2. The number of anilines is 2. The van der Waals surface area contributed by atoms with Gasteiger partial charge in [0, 0.05) is 63.0 Å². The van der Waals surface area contributed by atoms with Gasteiger partial charge in [-0.2, -0.15) is 0 Å². The van der Waals surface area contributed by atoms with E-state index in [4.69, 9.17) is 4.74 Å². The smallest absolute Gasteiger partial charge is 0.225 e. The molecule has 1 fully saturated rings. The Morgan fingerprint density at radius 2 is 1.56 bits per heavy atom. The van der Waals surface area contributed by atoms with Crippen molar-refractivity contribution in [1.29, 1.82) is 0 Å². The summed E-state index contributed by atoms with van der Waals surface area (Å²) in [5.74, 6) is -0.682. The van der Waals surface area contributed by atoms with Crippen LogP contribution in [0, 0.1) is 0 Å². The van der Waals surface area contributed by atoms with Crippen LogP contribution in [-0.4, -0.2) is 75.4 Å². The first-order valence-corrected chi connectivity index (χ1v) is 10.9. The number of hydrogen-bond donors (Lipinski definition) is 3. The molecular weight excluding hydrogens is 408 g/mol. The molecule has 0 aromatic heterocycles. The number of carbonyl (C=O) groups is 3. The van der Waals surface area contributed by atoms with Crippen molar-refractivity contribution in [3.05, 3.63) is 58.7 Å². The Morgan fingerprint density at radius 1 is 0.938 bits per heavy atom. The van der Waals surface area contributed by atoms with Crippen molar-refractivity contribution in [2.75, 3.05) is 63.6 Å². The molecule has 0 spiro atoms. The summed E-state index contributed by atoms with van der Waals surface area (Å²) in [5.41, 5.74) is 2.28. The Kier molecular flexibility index (Phi) is 6.94. The van der Waals surface area contributed by atoms with Crippen molar-refractivity contribution < 1.29 is 19.1 Å². The van der Waals surface area contributed by atoms with Crippen molar-refractivity contribution in [2.45, 2.75) is 6.42 Å². The largest absolute Gasteiger partial charge is 0.388 e. The maximum Gasteiger partial charge on any atom is 0.225 e. The first kappa shape index (κ1) is 22.1. The minimum absolute atomic E-state index is 0.202. The van der Waals surface area contributed by atoms with Crippen LogP contribution in [0.2, 0.25) is 0 Å². The van der Waals surface area contributed by atoms with Gasteiger partial charge in [0.05, 0.1) is 30.0 Å². The summed E-state index contributed by atoms with van der Waals surface area (Å²) in [7, 11) is 1.72.